The molecule has 8 heteroatoms. The van der Waals surface area contributed by atoms with E-state index in [2.05, 4.69) is 0 Å². The zero-order valence-electron chi connectivity index (χ0n) is 12.7. The largest absolute Gasteiger partial charge is 0.492 e. The number of epoxide rings is 1. The number of ether oxygens (including phenoxy) is 1. The van der Waals surface area contributed by atoms with Crippen LogP contribution in [-0.2, 0) is 14.9 Å². The van der Waals surface area contributed by atoms with Crippen LogP contribution in [0.4, 0.5) is 0 Å². The first-order valence-corrected chi connectivity index (χ1v) is 9.13. The summed E-state index contributed by atoms with van der Waals surface area (Å²) < 4.78 is 36.0. The van der Waals surface area contributed by atoms with Crippen LogP contribution in [0.3, 0.4) is 0 Å². The van der Waals surface area contributed by atoms with Crippen LogP contribution in [0.5, 0.6) is 11.8 Å². The number of aromatic hydroxyl groups is 2. The first-order chi connectivity index (χ1) is 11.4. The van der Waals surface area contributed by atoms with E-state index in [1.165, 1.54) is 12.1 Å². The van der Waals surface area contributed by atoms with Gasteiger partial charge in [-0.05, 0) is 25.5 Å². The molecule has 4 unspecified atom stereocenters. The summed E-state index contributed by atoms with van der Waals surface area (Å²) in [6, 6.07) is 6.14. The van der Waals surface area contributed by atoms with Crippen molar-refractivity contribution in [2.24, 2.45) is 0 Å². The Bertz CT molecular complexity index is 924. The Hall–Kier alpha value is -2.19. The van der Waals surface area contributed by atoms with Gasteiger partial charge in [0.15, 0.2) is 0 Å². The molecule has 3 aliphatic rings. The van der Waals surface area contributed by atoms with Crippen molar-refractivity contribution in [3.8, 4) is 11.8 Å². The standard InChI is InChI=1S/C16H15NO6S/c1-7-2-4-8(5-3-7)24(20,21)23-17-15(18)11-9-6-10(12(11)16(17)19)14-13(9)22-14/h2-5,9-10,13-14,18-19H,6H2,1H3. The molecular weight excluding hydrogens is 334 g/mol. The van der Waals surface area contributed by atoms with E-state index in [0.717, 1.165) is 12.0 Å². The molecule has 0 spiro atoms. The van der Waals surface area contributed by atoms with Crippen LogP contribution in [0.2, 0.25) is 0 Å². The van der Waals surface area contributed by atoms with Crippen LogP contribution >= 0.6 is 0 Å². The summed E-state index contributed by atoms with van der Waals surface area (Å²) in [5.41, 5.74) is 2.01. The maximum absolute atomic E-state index is 12.4. The lowest BCUT2D eigenvalue weighted by molar-refractivity contribution is 0.197. The van der Waals surface area contributed by atoms with Crippen molar-refractivity contribution in [3.63, 3.8) is 0 Å². The first-order valence-electron chi connectivity index (χ1n) is 7.72. The summed E-state index contributed by atoms with van der Waals surface area (Å²) in [7, 11) is -4.17. The highest BCUT2D eigenvalue weighted by atomic mass is 32.2. The van der Waals surface area contributed by atoms with Crippen molar-refractivity contribution >= 4 is 10.1 Å². The molecule has 4 atom stereocenters. The van der Waals surface area contributed by atoms with E-state index in [1.807, 2.05) is 6.92 Å². The molecule has 2 N–H and O–H groups in total. The number of aryl methyl sites for hydroxylation is 1. The number of hydrogen-bond acceptors (Lipinski definition) is 6. The molecule has 0 radical (unpaired) electrons. The highest BCUT2D eigenvalue weighted by Crippen LogP contribution is 2.66. The van der Waals surface area contributed by atoms with Crippen LogP contribution in [0.1, 0.15) is 34.9 Å². The van der Waals surface area contributed by atoms with Crippen LogP contribution in [0.15, 0.2) is 29.2 Å². The second-order valence-electron chi connectivity index (χ2n) is 6.62. The van der Waals surface area contributed by atoms with Crippen molar-refractivity contribution in [2.75, 3.05) is 0 Å². The Morgan fingerprint density at radius 2 is 1.62 bits per heavy atom. The Labute approximate surface area is 138 Å². The van der Waals surface area contributed by atoms with Gasteiger partial charge in [0.25, 0.3) is 0 Å². The highest BCUT2D eigenvalue weighted by Gasteiger charge is 2.65. The summed E-state index contributed by atoms with van der Waals surface area (Å²) in [5.74, 6) is -0.736. The summed E-state index contributed by atoms with van der Waals surface area (Å²) in [6.45, 7) is 1.84. The molecule has 1 aliphatic heterocycles. The number of fused-ring (bicyclic) bond motifs is 8. The average Bonchev–Trinajstić information content (AvgIpc) is 3.08. The SMILES string of the molecule is Cc1ccc(S(=O)(=O)On2c(O)c3c(c2O)C2CC3C3OC23)cc1. The average molecular weight is 349 g/mol. The fourth-order valence-corrected chi connectivity index (χ4v) is 4.99. The van der Waals surface area contributed by atoms with Crippen molar-refractivity contribution in [2.45, 2.75) is 42.3 Å². The summed E-state index contributed by atoms with van der Waals surface area (Å²) >= 11 is 0. The molecule has 1 aromatic heterocycles. The number of rotatable bonds is 3. The van der Waals surface area contributed by atoms with Gasteiger partial charge >= 0.3 is 10.1 Å². The Morgan fingerprint density at radius 1 is 1.08 bits per heavy atom. The van der Waals surface area contributed by atoms with E-state index >= 15 is 0 Å². The molecule has 1 aromatic carbocycles. The first kappa shape index (κ1) is 14.2. The van der Waals surface area contributed by atoms with E-state index in [9.17, 15) is 18.6 Å². The van der Waals surface area contributed by atoms with Crippen molar-refractivity contribution in [1.29, 1.82) is 0 Å². The van der Waals surface area contributed by atoms with Gasteiger partial charge in [-0.2, -0.15) is 8.42 Å². The minimum atomic E-state index is -4.17. The lowest BCUT2D eigenvalue weighted by Gasteiger charge is -2.11. The lowest BCUT2D eigenvalue weighted by atomic mass is 9.95. The van der Waals surface area contributed by atoms with Gasteiger partial charge in [-0.25, -0.2) is 0 Å². The Morgan fingerprint density at radius 3 is 2.17 bits per heavy atom. The molecule has 5 rings (SSSR count). The maximum atomic E-state index is 12.4. The molecule has 7 nitrogen and oxygen atoms in total. The van der Waals surface area contributed by atoms with E-state index in [-0.39, 0.29) is 40.7 Å². The summed E-state index contributed by atoms with van der Waals surface area (Å²) in [4.78, 5) is -0.0464. The number of hydrogen-bond donors (Lipinski definition) is 2. The third-order valence-electron chi connectivity index (χ3n) is 5.24. The summed E-state index contributed by atoms with van der Waals surface area (Å²) in [6.07, 6.45) is 0.946. The van der Waals surface area contributed by atoms with E-state index in [0.29, 0.717) is 15.9 Å². The zero-order valence-corrected chi connectivity index (χ0v) is 13.5. The molecule has 2 aliphatic carbocycles. The zero-order chi connectivity index (χ0) is 16.8. The van der Waals surface area contributed by atoms with Gasteiger partial charge in [-0.3, -0.25) is 4.28 Å². The fraction of sp³-hybridized carbons (Fsp3) is 0.375. The number of nitrogens with zero attached hydrogens (tertiary/aromatic N) is 1. The molecule has 2 aromatic rings. The molecule has 126 valence electrons. The van der Waals surface area contributed by atoms with Gasteiger partial charge < -0.3 is 14.9 Å². The minimum Gasteiger partial charge on any atom is -0.492 e. The topological polar surface area (TPSA) is 101 Å². The monoisotopic (exact) mass is 349 g/mol. The summed E-state index contributed by atoms with van der Waals surface area (Å²) in [5, 5.41) is 20.8. The predicted octanol–water partition coefficient (Wildman–Crippen LogP) is 1.38. The Balaban J connectivity index is 1.55. The second kappa shape index (κ2) is 4.25. The van der Waals surface area contributed by atoms with Crippen molar-refractivity contribution in [3.05, 3.63) is 41.0 Å². The number of benzene rings is 1. The van der Waals surface area contributed by atoms with Gasteiger partial charge in [0.2, 0.25) is 11.8 Å². The normalized spacial score (nSPS) is 29.4. The second-order valence-corrected chi connectivity index (χ2v) is 8.15. The molecular formula is C16H15NO6S. The van der Waals surface area contributed by atoms with Crippen LogP contribution in [0, 0.1) is 6.92 Å². The molecule has 2 fully saturated rings. The van der Waals surface area contributed by atoms with E-state index in [4.69, 9.17) is 9.02 Å². The van der Waals surface area contributed by atoms with Crippen molar-refractivity contribution in [1.82, 2.24) is 4.73 Å². The van der Waals surface area contributed by atoms with Gasteiger partial charge in [0, 0.05) is 23.0 Å². The van der Waals surface area contributed by atoms with Crippen LogP contribution in [-0.4, -0.2) is 35.6 Å². The highest BCUT2D eigenvalue weighted by molar-refractivity contribution is 7.87. The quantitative estimate of drug-likeness (QED) is 0.812. The van der Waals surface area contributed by atoms with E-state index < -0.39 is 10.1 Å². The molecule has 1 saturated heterocycles. The van der Waals surface area contributed by atoms with Gasteiger partial charge in [-0.1, -0.05) is 22.4 Å². The van der Waals surface area contributed by atoms with E-state index in [1.54, 1.807) is 12.1 Å². The van der Waals surface area contributed by atoms with Gasteiger partial charge in [0.05, 0.1) is 12.2 Å². The minimum absolute atomic E-state index is 0.00664. The molecule has 2 heterocycles. The smallest absolute Gasteiger partial charge is 0.357 e. The number of aromatic nitrogens is 1. The fourth-order valence-electron chi connectivity index (χ4n) is 4.10. The molecule has 24 heavy (non-hydrogen) atoms. The third kappa shape index (κ3) is 1.67. The lowest BCUT2D eigenvalue weighted by Crippen LogP contribution is -2.20. The van der Waals surface area contributed by atoms with Crippen molar-refractivity contribution < 1.29 is 27.7 Å². The third-order valence-corrected chi connectivity index (χ3v) is 6.44. The van der Waals surface area contributed by atoms with Gasteiger partial charge in [0.1, 0.15) is 4.90 Å². The van der Waals surface area contributed by atoms with Crippen LogP contribution < -0.4 is 4.28 Å². The molecule has 2 bridgehead atoms. The van der Waals surface area contributed by atoms with Gasteiger partial charge in [-0.15, -0.1) is 0 Å². The van der Waals surface area contributed by atoms with Crippen LogP contribution in [0.25, 0.3) is 0 Å². The maximum Gasteiger partial charge on any atom is 0.357 e. The molecule has 0 amide bonds. The Kier molecular flexibility index (Phi) is 2.51. The predicted molar refractivity (Wildman–Crippen MR) is 81.5 cm³/mol. The molecule has 1 saturated carbocycles.